The first kappa shape index (κ1) is 18.2. The van der Waals surface area contributed by atoms with E-state index in [4.69, 9.17) is 14.2 Å². The summed E-state index contributed by atoms with van der Waals surface area (Å²) >= 11 is 0. The van der Waals surface area contributed by atoms with Crippen molar-refractivity contribution >= 4 is 11.5 Å². The lowest BCUT2D eigenvalue weighted by Gasteiger charge is -2.11. The third-order valence-corrected chi connectivity index (χ3v) is 3.64. The molecule has 3 rings (SSSR count). The summed E-state index contributed by atoms with van der Waals surface area (Å²) in [5.74, 6) is 0.815. The Balaban J connectivity index is 1.62. The van der Waals surface area contributed by atoms with Gasteiger partial charge in [-0.1, -0.05) is 12.1 Å². The average molecular weight is 370 g/mol. The van der Waals surface area contributed by atoms with Crippen molar-refractivity contribution in [1.29, 1.82) is 0 Å². The van der Waals surface area contributed by atoms with Gasteiger partial charge in [0.25, 0.3) is 0 Å². The molecule has 0 fully saturated rings. The third kappa shape index (κ3) is 4.97. The smallest absolute Gasteiger partial charge is 0.318 e. The molecule has 140 valence electrons. The van der Waals surface area contributed by atoms with E-state index in [-0.39, 0.29) is 18.4 Å². The number of rotatable bonds is 8. The summed E-state index contributed by atoms with van der Waals surface area (Å²) in [5.41, 5.74) is 7.17. The molecule has 0 unspecified atom stereocenters. The SMILES string of the molecule is COc1ccc(NNc2nc(OCc3cccc(OC)c3)ncc2F)cc1. The van der Waals surface area contributed by atoms with Gasteiger partial charge in [-0.05, 0) is 42.0 Å². The van der Waals surface area contributed by atoms with Crippen molar-refractivity contribution in [2.24, 2.45) is 0 Å². The lowest BCUT2D eigenvalue weighted by Crippen LogP contribution is -2.12. The van der Waals surface area contributed by atoms with Crippen LogP contribution in [0.5, 0.6) is 17.5 Å². The van der Waals surface area contributed by atoms with Gasteiger partial charge in [-0.25, -0.2) is 9.37 Å². The molecule has 2 N–H and O–H groups in total. The van der Waals surface area contributed by atoms with E-state index in [0.717, 1.165) is 23.3 Å². The number of aromatic nitrogens is 2. The monoisotopic (exact) mass is 370 g/mol. The van der Waals surface area contributed by atoms with E-state index in [2.05, 4.69) is 20.8 Å². The van der Waals surface area contributed by atoms with Crippen LogP contribution in [0.1, 0.15) is 5.56 Å². The van der Waals surface area contributed by atoms with E-state index >= 15 is 0 Å². The lowest BCUT2D eigenvalue weighted by atomic mass is 10.2. The number of anilines is 2. The maximum absolute atomic E-state index is 13.9. The number of hydrogen-bond acceptors (Lipinski definition) is 7. The highest BCUT2D eigenvalue weighted by atomic mass is 19.1. The van der Waals surface area contributed by atoms with E-state index < -0.39 is 5.82 Å². The molecule has 1 aromatic heterocycles. The Kier molecular flexibility index (Phi) is 5.88. The van der Waals surface area contributed by atoms with Gasteiger partial charge in [0.15, 0.2) is 11.6 Å². The second-order valence-electron chi connectivity index (χ2n) is 5.47. The summed E-state index contributed by atoms with van der Waals surface area (Å²) in [5, 5.41) is 0. The first-order chi connectivity index (χ1) is 13.2. The van der Waals surface area contributed by atoms with Gasteiger partial charge in [0.1, 0.15) is 18.1 Å². The molecule has 0 spiro atoms. The number of nitrogens with zero attached hydrogens (tertiary/aromatic N) is 2. The molecule has 0 aliphatic heterocycles. The summed E-state index contributed by atoms with van der Waals surface area (Å²) in [6, 6.07) is 14.6. The molecule has 0 bridgehead atoms. The lowest BCUT2D eigenvalue weighted by molar-refractivity contribution is 0.279. The van der Waals surface area contributed by atoms with Gasteiger partial charge < -0.3 is 14.2 Å². The fraction of sp³-hybridized carbons (Fsp3) is 0.158. The number of halogens is 1. The molecule has 0 aliphatic rings. The quantitative estimate of drug-likeness (QED) is 0.586. The van der Waals surface area contributed by atoms with Crippen LogP contribution in [0.3, 0.4) is 0 Å². The van der Waals surface area contributed by atoms with Crippen LogP contribution in [0.15, 0.2) is 54.7 Å². The van der Waals surface area contributed by atoms with E-state index in [1.807, 2.05) is 24.3 Å². The van der Waals surface area contributed by atoms with Crippen LogP contribution >= 0.6 is 0 Å². The number of methoxy groups -OCH3 is 2. The third-order valence-electron chi connectivity index (χ3n) is 3.64. The average Bonchev–Trinajstić information content (AvgIpc) is 2.72. The molecular weight excluding hydrogens is 351 g/mol. The van der Waals surface area contributed by atoms with Gasteiger partial charge in [0.05, 0.1) is 26.1 Å². The zero-order chi connectivity index (χ0) is 19.1. The fourth-order valence-electron chi connectivity index (χ4n) is 2.22. The van der Waals surface area contributed by atoms with Crippen molar-refractivity contribution in [3.05, 3.63) is 66.1 Å². The van der Waals surface area contributed by atoms with Crippen LogP contribution < -0.4 is 25.1 Å². The molecule has 27 heavy (non-hydrogen) atoms. The van der Waals surface area contributed by atoms with Crippen molar-refractivity contribution in [3.63, 3.8) is 0 Å². The Morgan fingerprint density at radius 1 is 0.963 bits per heavy atom. The van der Waals surface area contributed by atoms with Crippen molar-refractivity contribution < 1.29 is 18.6 Å². The van der Waals surface area contributed by atoms with Crippen LogP contribution in [0, 0.1) is 5.82 Å². The van der Waals surface area contributed by atoms with Gasteiger partial charge in [-0.15, -0.1) is 0 Å². The maximum Gasteiger partial charge on any atom is 0.318 e. The molecule has 8 heteroatoms. The van der Waals surface area contributed by atoms with Crippen molar-refractivity contribution in [2.75, 3.05) is 25.1 Å². The van der Waals surface area contributed by atoms with Crippen LogP contribution in [0.25, 0.3) is 0 Å². The van der Waals surface area contributed by atoms with Crippen LogP contribution in [0.4, 0.5) is 15.9 Å². The Morgan fingerprint density at radius 3 is 2.48 bits per heavy atom. The Labute approximate surface area is 156 Å². The molecule has 0 aliphatic carbocycles. The minimum absolute atomic E-state index is 0.0264. The van der Waals surface area contributed by atoms with E-state index in [9.17, 15) is 4.39 Å². The number of nitrogens with one attached hydrogen (secondary N) is 2. The Bertz CT molecular complexity index is 890. The van der Waals surface area contributed by atoms with E-state index in [1.165, 1.54) is 0 Å². The van der Waals surface area contributed by atoms with Crippen LogP contribution in [-0.2, 0) is 6.61 Å². The van der Waals surface area contributed by atoms with Gasteiger partial charge in [-0.2, -0.15) is 4.98 Å². The van der Waals surface area contributed by atoms with Crippen LogP contribution in [0.2, 0.25) is 0 Å². The zero-order valence-electron chi connectivity index (χ0n) is 14.9. The van der Waals surface area contributed by atoms with E-state index in [1.54, 1.807) is 38.5 Å². The molecule has 0 atom stereocenters. The van der Waals surface area contributed by atoms with Gasteiger partial charge in [0.2, 0.25) is 0 Å². The molecular formula is C19H19FN4O3. The number of ether oxygens (including phenoxy) is 3. The summed E-state index contributed by atoms with van der Waals surface area (Å²) in [4.78, 5) is 7.89. The van der Waals surface area contributed by atoms with Gasteiger partial charge in [0, 0.05) is 0 Å². The van der Waals surface area contributed by atoms with E-state index in [0.29, 0.717) is 5.69 Å². The Morgan fingerprint density at radius 2 is 1.74 bits per heavy atom. The minimum Gasteiger partial charge on any atom is -0.497 e. The van der Waals surface area contributed by atoms with Crippen molar-refractivity contribution in [2.45, 2.75) is 6.61 Å². The molecule has 7 nitrogen and oxygen atoms in total. The largest absolute Gasteiger partial charge is 0.497 e. The highest BCUT2D eigenvalue weighted by Gasteiger charge is 2.08. The highest BCUT2D eigenvalue weighted by Crippen LogP contribution is 2.18. The maximum atomic E-state index is 13.9. The second kappa shape index (κ2) is 8.70. The standard InChI is InChI=1S/C19H19FN4O3/c1-25-15-8-6-14(7-9-15)23-24-18-17(20)11-21-19(22-18)27-12-13-4-3-5-16(10-13)26-2/h3-11,23H,12H2,1-2H3,(H,21,22,24). The number of hydrazine groups is 1. The van der Waals surface area contributed by atoms with Crippen molar-refractivity contribution in [1.82, 2.24) is 9.97 Å². The topological polar surface area (TPSA) is 77.5 Å². The molecule has 0 amide bonds. The predicted octanol–water partition coefficient (Wildman–Crippen LogP) is 3.65. The first-order valence-corrected chi connectivity index (χ1v) is 8.12. The molecule has 0 radical (unpaired) electrons. The highest BCUT2D eigenvalue weighted by molar-refractivity contribution is 5.51. The number of hydrogen-bond donors (Lipinski definition) is 2. The minimum atomic E-state index is -0.607. The summed E-state index contributed by atoms with van der Waals surface area (Å²) < 4.78 is 29.7. The van der Waals surface area contributed by atoms with Gasteiger partial charge >= 0.3 is 6.01 Å². The Hall–Kier alpha value is -3.55. The fourth-order valence-corrected chi connectivity index (χ4v) is 2.22. The zero-order valence-corrected chi connectivity index (χ0v) is 14.9. The second-order valence-corrected chi connectivity index (χ2v) is 5.47. The molecule has 1 heterocycles. The first-order valence-electron chi connectivity index (χ1n) is 8.12. The molecule has 0 saturated carbocycles. The summed E-state index contributed by atoms with van der Waals surface area (Å²) in [7, 11) is 3.18. The van der Waals surface area contributed by atoms with Crippen molar-refractivity contribution in [3.8, 4) is 17.5 Å². The molecule has 3 aromatic rings. The van der Waals surface area contributed by atoms with Crippen LogP contribution in [-0.4, -0.2) is 24.2 Å². The predicted molar refractivity (Wildman–Crippen MR) is 99.6 cm³/mol. The molecule has 2 aromatic carbocycles. The normalized spacial score (nSPS) is 10.2. The summed E-state index contributed by atoms with van der Waals surface area (Å²) in [6.45, 7) is 0.230. The summed E-state index contributed by atoms with van der Waals surface area (Å²) in [6.07, 6.45) is 1.05. The van der Waals surface area contributed by atoms with Gasteiger partial charge in [-0.3, -0.25) is 10.9 Å². The number of benzene rings is 2. The molecule has 0 saturated heterocycles.